The molecule has 0 saturated heterocycles. The van der Waals surface area contributed by atoms with E-state index in [0.717, 1.165) is 20.9 Å². The van der Waals surface area contributed by atoms with Gasteiger partial charge in [-0.15, -0.1) is 0 Å². The molecule has 0 amide bonds. The Labute approximate surface area is 164 Å². The van der Waals surface area contributed by atoms with Crippen molar-refractivity contribution in [2.45, 2.75) is 37.5 Å². The summed E-state index contributed by atoms with van der Waals surface area (Å²) in [6.45, 7) is 8.06. The molecule has 2 rings (SSSR count). The molecule has 0 spiro atoms. The first-order chi connectivity index (χ1) is 13.0. The molecule has 0 saturated carbocycles. The first kappa shape index (κ1) is 20.8. The van der Waals surface area contributed by atoms with Gasteiger partial charge < -0.3 is 9.47 Å². The van der Waals surface area contributed by atoms with Gasteiger partial charge in [-0.1, -0.05) is 29.5 Å². The van der Waals surface area contributed by atoms with E-state index in [1.54, 1.807) is 37.8 Å². The van der Waals surface area contributed by atoms with Crippen molar-refractivity contribution in [1.82, 2.24) is 0 Å². The van der Waals surface area contributed by atoms with Crippen molar-refractivity contribution >= 4 is 29.8 Å². The van der Waals surface area contributed by atoms with Gasteiger partial charge in [0.2, 0.25) is 0 Å². The lowest BCUT2D eigenvalue weighted by molar-refractivity contribution is -0.137. The van der Waals surface area contributed by atoms with E-state index in [2.05, 4.69) is 12.1 Å². The quantitative estimate of drug-likeness (QED) is 0.485. The average molecular weight is 384 g/mol. The number of rotatable bonds is 7. The van der Waals surface area contributed by atoms with Crippen molar-refractivity contribution in [3.8, 4) is 0 Å². The molecule has 0 aliphatic carbocycles. The molecule has 0 atom stereocenters. The van der Waals surface area contributed by atoms with Crippen LogP contribution in [0.1, 0.15) is 40.9 Å². The van der Waals surface area contributed by atoms with E-state index in [0.29, 0.717) is 18.8 Å². The number of hydrogen-bond acceptors (Lipinski definition) is 5. The monoisotopic (exact) mass is 384 g/mol. The summed E-state index contributed by atoms with van der Waals surface area (Å²) in [6.07, 6.45) is 3.09. The molecule has 0 aliphatic rings. The van der Waals surface area contributed by atoms with Crippen molar-refractivity contribution in [2.24, 2.45) is 0 Å². The van der Waals surface area contributed by atoms with E-state index in [-0.39, 0.29) is 5.97 Å². The van der Waals surface area contributed by atoms with Gasteiger partial charge in [0.05, 0.1) is 18.8 Å². The Kier molecular flexibility index (Phi) is 7.67. The summed E-state index contributed by atoms with van der Waals surface area (Å²) in [5.74, 6) is -0.780. The average Bonchev–Trinajstić information content (AvgIpc) is 2.63. The number of esters is 2. The highest BCUT2D eigenvalue weighted by atomic mass is 32.2. The smallest absolute Gasteiger partial charge is 0.338 e. The molecule has 0 fully saturated rings. The SMILES string of the molecule is CCOC(=O)/C=C/c1c(Sc2ccc(C)cc2)ccc(C(=O)OCC)c1C. The molecule has 0 N–H and O–H groups in total. The summed E-state index contributed by atoms with van der Waals surface area (Å²) in [4.78, 5) is 26.0. The lowest BCUT2D eigenvalue weighted by Gasteiger charge is -2.13. The lowest BCUT2D eigenvalue weighted by Crippen LogP contribution is -2.08. The van der Waals surface area contributed by atoms with Crippen LogP contribution in [0.15, 0.2) is 52.3 Å². The predicted octanol–water partition coefficient (Wildman–Crippen LogP) is 5.21. The molecule has 142 valence electrons. The zero-order chi connectivity index (χ0) is 19.8. The van der Waals surface area contributed by atoms with Crippen LogP contribution in [0, 0.1) is 13.8 Å². The molecule has 4 nitrogen and oxygen atoms in total. The molecular formula is C22H24O4S. The van der Waals surface area contributed by atoms with E-state index in [1.165, 1.54) is 11.6 Å². The number of ether oxygens (including phenoxy) is 2. The van der Waals surface area contributed by atoms with Crippen LogP contribution in [0.25, 0.3) is 6.08 Å². The normalized spacial score (nSPS) is 10.8. The second-order valence-corrected chi connectivity index (χ2v) is 6.99. The molecule has 0 aromatic heterocycles. The maximum atomic E-state index is 12.2. The van der Waals surface area contributed by atoms with Crippen LogP contribution >= 0.6 is 11.8 Å². The zero-order valence-electron chi connectivity index (χ0n) is 16.1. The molecular weight excluding hydrogens is 360 g/mol. The second kappa shape index (κ2) is 9.97. The number of carbonyl (C=O) groups is 2. The molecule has 2 aromatic rings. The van der Waals surface area contributed by atoms with E-state index in [4.69, 9.17) is 9.47 Å². The molecule has 0 bridgehead atoms. The summed E-state index contributed by atoms with van der Waals surface area (Å²) in [6, 6.07) is 11.9. The van der Waals surface area contributed by atoms with Crippen LogP contribution in [-0.4, -0.2) is 25.2 Å². The van der Waals surface area contributed by atoms with Crippen LogP contribution < -0.4 is 0 Å². The third-order valence-electron chi connectivity index (χ3n) is 3.89. The number of aryl methyl sites for hydroxylation is 1. The highest BCUT2D eigenvalue weighted by molar-refractivity contribution is 7.99. The van der Waals surface area contributed by atoms with Crippen LogP contribution in [0.2, 0.25) is 0 Å². The maximum absolute atomic E-state index is 12.2. The van der Waals surface area contributed by atoms with E-state index in [9.17, 15) is 9.59 Å². The summed E-state index contributed by atoms with van der Waals surface area (Å²) in [5, 5.41) is 0. The van der Waals surface area contributed by atoms with Crippen molar-refractivity contribution in [2.75, 3.05) is 13.2 Å². The summed E-state index contributed by atoms with van der Waals surface area (Å²) in [7, 11) is 0. The van der Waals surface area contributed by atoms with Gasteiger partial charge in [0.1, 0.15) is 0 Å². The minimum atomic E-state index is -0.412. The standard InChI is InChI=1S/C22H24O4S/c1-5-25-21(23)14-12-18-16(4)19(22(24)26-6-2)11-13-20(18)27-17-9-7-15(3)8-10-17/h7-14H,5-6H2,1-4H3/b14-12+. The Balaban J connectivity index is 2.44. The number of carbonyl (C=O) groups excluding carboxylic acids is 2. The van der Waals surface area contributed by atoms with E-state index < -0.39 is 5.97 Å². The molecule has 5 heteroatoms. The fraction of sp³-hybridized carbons (Fsp3) is 0.273. The summed E-state index contributed by atoms with van der Waals surface area (Å²) < 4.78 is 10.1. The van der Waals surface area contributed by atoms with E-state index >= 15 is 0 Å². The number of benzene rings is 2. The lowest BCUT2D eigenvalue weighted by atomic mass is 10.0. The number of hydrogen-bond donors (Lipinski definition) is 0. The molecule has 27 heavy (non-hydrogen) atoms. The Bertz CT molecular complexity index is 838. The first-order valence-electron chi connectivity index (χ1n) is 8.86. The highest BCUT2D eigenvalue weighted by Gasteiger charge is 2.16. The molecule has 0 heterocycles. The van der Waals surface area contributed by atoms with Crippen LogP contribution in [0.4, 0.5) is 0 Å². The van der Waals surface area contributed by atoms with Crippen LogP contribution in [-0.2, 0) is 14.3 Å². The summed E-state index contributed by atoms with van der Waals surface area (Å²) in [5.41, 5.74) is 3.26. The van der Waals surface area contributed by atoms with Gasteiger partial charge in [-0.2, -0.15) is 0 Å². The third-order valence-corrected chi connectivity index (χ3v) is 4.98. The van der Waals surface area contributed by atoms with Gasteiger partial charge in [0.25, 0.3) is 0 Å². The van der Waals surface area contributed by atoms with Crippen molar-refractivity contribution < 1.29 is 19.1 Å². The zero-order valence-corrected chi connectivity index (χ0v) is 16.9. The molecule has 0 aliphatic heterocycles. The van der Waals surface area contributed by atoms with Gasteiger partial charge >= 0.3 is 11.9 Å². The highest BCUT2D eigenvalue weighted by Crippen LogP contribution is 2.34. The molecule has 2 aromatic carbocycles. The van der Waals surface area contributed by atoms with Gasteiger partial charge in [0, 0.05) is 15.9 Å². The van der Waals surface area contributed by atoms with Gasteiger partial charge in [-0.3, -0.25) is 0 Å². The summed E-state index contributed by atoms with van der Waals surface area (Å²) >= 11 is 1.58. The van der Waals surface area contributed by atoms with Crippen molar-refractivity contribution in [3.05, 3.63) is 64.7 Å². The van der Waals surface area contributed by atoms with Crippen molar-refractivity contribution in [3.63, 3.8) is 0 Å². The Morgan fingerprint density at radius 1 is 0.963 bits per heavy atom. The van der Waals surface area contributed by atoms with Gasteiger partial charge in [0.15, 0.2) is 0 Å². The third kappa shape index (κ3) is 5.73. The molecule has 0 radical (unpaired) electrons. The predicted molar refractivity (Wildman–Crippen MR) is 108 cm³/mol. The van der Waals surface area contributed by atoms with E-state index in [1.807, 2.05) is 32.0 Å². The Hall–Kier alpha value is -2.53. The minimum Gasteiger partial charge on any atom is -0.463 e. The fourth-order valence-electron chi connectivity index (χ4n) is 2.50. The van der Waals surface area contributed by atoms with Crippen LogP contribution in [0.3, 0.4) is 0 Å². The molecule has 0 unspecified atom stereocenters. The van der Waals surface area contributed by atoms with Crippen LogP contribution in [0.5, 0.6) is 0 Å². The van der Waals surface area contributed by atoms with Gasteiger partial charge in [-0.25, -0.2) is 9.59 Å². The first-order valence-corrected chi connectivity index (χ1v) is 9.68. The van der Waals surface area contributed by atoms with Crippen molar-refractivity contribution in [1.29, 1.82) is 0 Å². The topological polar surface area (TPSA) is 52.6 Å². The Morgan fingerprint density at radius 3 is 2.26 bits per heavy atom. The Morgan fingerprint density at radius 2 is 1.63 bits per heavy atom. The minimum absolute atomic E-state index is 0.312. The second-order valence-electron chi connectivity index (χ2n) is 5.87. The fourth-order valence-corrected chi connectivity index (χ4v) is 3.50. The maximum Gasteiger partial charge on any atom is 0.338 e. The largest absolute Gasteiger partial charge is 0.463 e. The van der Waals surface area contributed by atoms with Gasteiger partial charge in [-0.05, 0) is 69.2 Å².